The van der Waals surface area contributed by atoms with E-state index in [1.165, 1.54) is 19.4 Å². The van der Waals surface area contributed by atoms with E-state index in [9.17, 15) is 24.3 Å². The fraction of sp³-hybridized carbons (Fsp3) is 0.324. The Bertz CT molecular complexity index is 2100. The number of alkyl halides is 2. The third kappa shape index (κ3) is 6.02. The number of hydrogen-bond acceptors (Lipinski definition) is 9. The number of carboxylic acid groups (broad SMARTS) is 1. The van der Waals surface area contributed by atoms with Crippen LogP contribution in [0.5, 0.6) is 5.75 Å². The molecule has 0 radical (unpaired) electrons. The Balaban J connectivity index is 1.27. The minimum Gasteiger partial charge on any atom is -0.496 e. The Hall–Kier alpha value is -5.09. The molecule has 0 saturated carbocycles. The number of carbonyl (C=O) groups excluding carboxylic acids is 1. The average molecular weight is 697 g/mol. The van der Waals surface area contributed by atoms with Gasteiger partial charge in [0.2, 0.25) is 5.89 Å². The van der Waals surface area contributed by atoms with Crippen molar-refractivity contribution in [2.45, 2.75) is 49.6 Å². The number of fused-ring (bicyclic) bond motifs is 1. The number of nitrogens with one attached hydrogen (secondary N) is 1. The number of pyridine rings is 1. The molecule has 0 spiro atoms. The van der Waals surface area contributed by atoms with Gasteiger partial charge in [-0.3, -0.25) is 24.4 Å². The van der Waals surface area contributed by atoms with Gasteiger partial charge in [0.05, 0.1) is 18.1 Å². The summed E-state index contributed by atoms with van der Waals surface area (Å²) in [7, 11) is 1.47. The first-order valence-corrected chi connectivity index (χ1v) is 16.7. The van der Waals surface area contributed by atoms with E-state index in [4.69, 9.17) is 25.7 Å². The maximum atomic E-state index is 14.1. The molecule has 11 nitrogen and oxygen atoms in total. The number of carboxylic acids is 1. The van der Waals surface area contributed by atoms with Crippen molar-refractivity contribution in [3.05, 3.63) is 106 Å². The first-order chi connectivity index (χ1) is 24.1. The number of likely N-dealkylation sites (tertiary alicyclic amines) is 2. The number of aromatic nitrogens is 2. The second kappa shape index (κ2) is 13.3. The summed E-state index contributed by atoms with van der Waals surface area (Å²) in [5.41, 5.74) is 3.39. The van der Waals surface area contributed by atoms with Gasteiger partial charge >= 0.3 is 5.97 Å². The minimum atomic E-state index is -1.53. The number of benzene rings is 2. The SMILES string of the molecule is COc1cc(C(=O)NC2(c3nc4cc(CN5CC(F)C5)cc(C#N)c4o3)C=CC=C(c3ccccc3C)C2Cl)ncc1CN1CC[C@H]1C(=O)O. The Labute approximate surface area is 292 Å². The lowest BCUT2D eigenvalue weighted by Gasteiger charge is -2.38. The number of allylic oxidation sites excluding steroid dienone is 2. The molecule has 2 aromatic heterocycles. The molecule has 4 aromatic rings. The summed E-state index contributed by atoms with van der Waals surface area (Å²) < 4.78 is 25.5. The molecule has 2 aliphatic heterocycles. The van der Waals surface area contributed by atoms with Crippen LogP contribution in [-0.2, 0) is 23.4 Å². The van der Waals surface area contributed by atoms with Gasteiger partial charge in [0.25, 0.3) is 5.91 Å². The molecule has 2 saturated heterocycles. The van der Waals surface area contributed by atoms with E-state index in [-0.39, 0.29) is 22.7 Å². The summed E-state index contributed by atoms with van der Waals surface area (Å²) in [6, 6.07) is 14.4. The van der Waals surface area contributed by atoms with Crippen molar-refractivity contribution < 1.29 is 28.2 Å². The number of hydrogen-bond donors (Lipinski definition) is 2. The van der Waals surface area contributed by atoms with Gasteiger partial charge < -0.3 is 19.6 Å². The molecule has 4 heterocycles. The molecule has 50 heavy (non-hydrogen) atoms. The van der Waals surface area contributed by atoms with Gasteiger partial charge in [0.15, 0.2) is 11.1 Å². The van der Waals surface area contributed by atoms with Crippen molar-refractivity contribution >= 4 is 40.2 Å². The van der Waals surface area contributed by atoms with Crippen LogP contribution in [0, 0.1) is 18.3 Å². The molecule has 1 aliphatic carbocycles. The highest BCUT2D eigenvalue weighted by Gasteiger charge is 2.47. The van der Waals surface area contributed by atoms with E-state index < -0.39 is 35.0 Å². The third-order valence-electron chi connectivity index (χ3n) is 9.61. The van der Waals surface area contributed by atoms with Gasteiger partial charge in [-0.05, 0) is 53.8 Å². The Morgan fingerprint density at radius 2 is 2.04 bits per heavy atom. The molecule has 2 unspecified atom stereocenters. The highest BCUT2D eigenvalue weighted by Crippen LogP contribution is 2.43. The van der Waals surface area contributed by atoms with Crippen LogP contribution < -0.4 is 10.1 Å². The number of methoxy groups -OCH3 is 1. The molecular formula is C37H34ClFN6O5. The molecule has 3 aliphatic rings. The summed E-state index contributed by atoms with van der Waals surface area (Å²) in [6.07, 6.45) is 6.59. The number of oxazole rings is 1. The van der Waals surface area contributed by atoms with Crippen LogP contribution in [0.1, 0.15) is 50.6 Å². The van der Waals surface area contributed by atoms with Crippen molar-refractivity contribution in [2.24, 2.45) is 0 Å². The molecule has 1 amide bonds. The number of carbonyl (C=O) groups is 2. The van der Waals surface area contributed by atoms with Crippen molar-refractivity contribution in [3.63, 3.8) is 0 Å². The van der Waals surface area contributed by atoms with Crippen molar-refractivity contribution in [2.75, 3.05) is 26.7 Å². The fourth-order valence-electron chi connectivity index (χ4n) is 6.79. The zero-order chi connectivity index (χ0) is 35.2. The number of nitriles is 1. The lowest BCUT2D eigenvalue weighted by Crippen LogP contribution is -2.52. The molecule has 2 aromatic carbocycles. The lowest BCUT2D eigenvalue weighted by molar-refractivity contribution is -0.148. The van der Waals surface area contributed by atoms with Crippen LogP contribution in [0.4, 0.5) is 4.39 Å². The van der Waals surface area contributed by atoms with Crippen LogP contribution >= 0.6 is 11.6 Å². The van der Waals surface area contributed by atoms with Gasteiger partial charge in [0, 0.05) is 50.6 Å². The van der Waals surface area contributed by atoms with Crippen LogP contribution in [-0.4, -0.2) is 81.1 Å². The second-order valence-electron chi connectivity index (χ2n) is 12.9. The average Bonchev–Trinajstić information content (AvgIpc) is 3.51. The highest BCUT2D eigenvalue weighted by atomic mass is 35.5. The molecule has 7 rings (SSSR count). The second-order valence-corrected chi connectivity index (χ2v) is 13.3. The van der Waals surface area contributed by atoms with E-state index in [1.807, 2.05) is 42.2 Å². The number of halogens is 2. The number of aryl methyl sites for hydroxylation is 1. The van der Waals surface area contributed by atoms with E-state index in [0.29, 0.717) is 56.0 Å². The number of ether oxygens (including phenoxy) is 1. The van der Waals surface area contributed by atoms with E-state index >= 15 is 0 Å². The lowest BCUT2D eigenvalue weighted by atomic mass is 9.81. The number of nitrogens with zero attached hydrogens (tertiary/aromatic N) is 5. The normalized spacial score (nSPS) is 22.3. The fourth-order valence-corrected chi connectivity index (χ4v) is 7.20. The Morgan fingerprint density at radius 1 is 1.24 bits per heavy atom. The summed E-state index contributed by atoms with van der Waals surface area (Å²) >= 11 is 7.38. The zero-order valence-electron chi connectivity index (χ0n) is 27.4. The predicted octanol–water partition coefficient (Wildman–Crippen LogP) is 5.11. The molecule has 256 valence electrons. The number of aliphatic carboxylic acids is 1. The number of rotatable bonds is 10. The van der Waals surface area contributed by atoms with Crippen LogP contribution in [0.3, 0.4) is 0 Å². The maximum Gasteiger partial charge on any atom is 0.320 e. The highest BCUT2D eigenvalue weighted by molar-refractivity contribution is 6.28. The summed E-state index contributed by atoms with van der Waals surface area (Å²) in [4.78, 5) is 38.7. The van der Waals surface area contributed by atoms with Gasteiger partial charge in [0.1, 0.15) is 35.2 Å². The molecule has 0 bridgehead atoms. The van der Waals surface area contributed by atoms with Crippen molar-refractivity contribution in [3.8, 4) is 11.8 Å². The van der Waals surface area contributed by atoms with Crippen LogP contribution in [0.2, 0.25) is 0 Å². The molecule has 2 N–H and O–H groups in total. The van der Waals surface area contributed by atoms with Crippen LogP contribution in [0.15, 0.2) is 71.3 Å². The quantitative estimate of drug-likeness (QED) is 0.215. The van der Waals surface area contributed by atoms with Gasteiger partial charge in [-0.2, -0.15) is 5.26 Å². The van der Waals surface area contributed by atoms with Gasteiger partial charge in [-0.1, -0.05) is 36.4 Å². The Kier molecular flexibility index (Phi) is 8.90. The van der Waals surface area contributed by atoms with Crippen molar-refractivity contribution in [1.29, 1.82) is 5.26 Å². The summed E-state index contributed by atoms with van der Waals surface area (Å²) in [6.45, 7) is 4.00. The summed E-state index contributed by atoms with van der Waals surface area (Å²) in [5.74, 6) is -1.03. The molecule has 3 atom stereocenters. The van der Waals surface area contributed by atoms with Crippen molar-refractivity contribution in [1.82, 2.24) is 25.1 Å². The monoisotopic (exact) mass is 696 g/mol. The molecular weight excluding hydrogens is 663 g/mol. The van der Waals surface area contributed by atoms with Crippen LogP contribution in [0.25, 0.3) is 16.7 Å². The zero-order valence-corrected chi connectivity index (χ0v) is 28.2. The predicted molar refractivity (Wildman–Crippen MR) is 183 cm³/mol. The smallest absolute Gasteiger partial charge is 0.320 e. The Morgan fingerprint density at radius 3 is 2.72 bits per heavy atom. The first-order valence-electron chi connectivity index (χ1n) is 16.2. The van der Waals surface area contributed by atoms with E-state index in [2.05, 4.69) is 16.4 Å². The number of amides is 1. The first kappa shape index (κ1) is 33.4. The standard InChI is InChI=1S/C37H34ClFN6O5/c1-21-6-3-4-7-26(21)27-8-5-10-37(33(27)38,36-42-28-13-22(17-44-19-25(39)20-44)12-23(15-40)32(28)50-36)43-34(46)29-14-31(49-2)24(16-41-29)18-45-11-9-30(45)35(47)48/h3-8,10,12-14,16,25,30,33H,9,11,17-20H2,1-2H3,(H,43,46)(H,47,48)/t30-,33?,37?/m0/s1. The van der Waals surface area contributed by atoms with E-state index in [1.54, 1.807) is 29.2 Å². The largest absolute Gasteiger partial charge is 0.496 e. The topological polar surface area (TPSA) is 145 Å². The molecule has 13 heteroatoms. The van der Waals surface area contributed by atoms with Gasteiger partial charge in [-0.25, -0.2) is 9.37 Å². The van der Waals surface area contributed by atoms with E-state index in [0.717, 1.165) is 22.3 Å². The van der Waals surface area contributed by atoms with Gasteiger partial charge in [-0.15, -0.1) is 11.6 Å². The molecule has 2 fully saturated rings. The summed E-state index contributed by atoms with van der Waals surface area (Å²) in [5, 5.41) is 21.7. The minimum absolute atomic E-state index is 0.0319. The maximum absolute atomic E-state index is 14.1. The third-order valence-corrected chi connectivity index (χ3v) is 10.2.